The molecule has 3 fully saturated rings. The normalized spacial score (nSPS) is 51.7. The van der Waals surface area contributed by atoms with Crippen LogP contribution in [0.1, 0.15) is 71.6 Å². The Hall–Kier alpha value is -0.790. The lowest BCUT2D eigenvalue weighted by Crippen LogP contribution is -2.51. The molecule has 4 rings (SSSR count). The van der Waals surface area contributed by atoms with Gasteiger partial charge >= 0.3 is 0 Å². The molecule has 2 N–H and O–H groups in total. The van der Waals surface area contributed by atoms with Crippen LogP contribution < -0.4 is 5.73 Å². The molecule has 4 aliphatic carbocycles. The number of carbonyl (C=O) groups is 1. The van der Waals surface area contributed by atoms with Gasteiger partial charge in [0.15, 0.2) is 0 Å². The minimum absolute atomic E-state index is 0.0927. The van der Waals surface area contributed by atoms with E-state index in [1.54, 1.807) is 0 Å². The van der Waals surface area contributed by atoms with Crippen molar-refractivity contribution >= 4 is 5.91 Å². The molecule has 128 valence electrons. The topological polar surface area (TPSA) is 43.1 Å². The molecular formula is C21H33NO. The van der Waals surface area contributed by atoms with Crippen LogP contribution in [0.2, 0.25) is 0 Å². The summed E-state index contributed by atoms with van der Waals surface area (Å²) >= 11 is 0. The molecule has 3 saturated carbocycles. The number of rotatable bonds is 2. The van der Waals surface area contributed by atoms with Crippen LogP contribution in [0.5, 0.6) is 0 Å². The van der Waals surface area contributed by atoms with Crippen molar-refractivity contribution in [3.05, 3.63) is 12.2 Å². The highest BCUT2D eigenvalue weighted by Gasteiger charge is 2.59. The Bertz CT molecular complexity index is 526. The summed E-state index contributed by atoms with van der Waals surface area (Å²) in [5.74, 6) is 3.96. The molecule has 0 aromatic heterocycles. The van der Waals surface area contributed by atoms with Crippen molar-refractivity contribution in [2.45, 2.75) is 71.6 Å². The van der Waals surface area contributed by atoms with E-state index < -0.39 is 0 Å². The van der Waals surface area contributed by atoms with Crippen molar-refractivity contribution in [2.75, 3.05) is 0 Å². The van der Waals surface area contributed by atoms with Gasteiger partial charge in [0.1, 0.15) is 0 Å². The molecular weight excluding hydrogens is 282 g/mol. The minimum atomic E-state index is -0.0927. The fourth-order valence-corrected chi connectivity index (χ4v) is 7.51. The zero-order valence-electron chi connectivity index (χ0n) is 14.9. The Morgan fingerprint density at radius 2 is 1.91 bits per heavy atom. The monoisotopic (exact) mass is 315 g/mol. The molecule has 0 bridgehead atoms. The molecule has 23 heavy (non-hydrogen) atoms. The molecule has 0 spiro atoms. The van der Waals surface area contributed by atoms with Crippen molar-refractivity contribution in [3.63, 3.8) is 0 Å². The first-order valence-corrected chi connectivity index (χ1v) is 9.91. The SMILES string of the molecule is C[C@]12C=CCC[C@@H]1CC[C@@H]1[C@@H]2CC[C@]2(C)[C@@H](CC(N)=O)CC[C@@H]12. The molecule has 0 radical (unpaired) electrons. The Morgan fingerprint density at radius 3 is 2.70 bits per heavy atom. The highest BCUT2D eigenvalue weighted by atomic mass is 16.1. The minimum Gasteiger partial charge on any atom is -0.370 e. The summed E-state index contributed by atoms with van der Waals surface area (Å²) in [6.07, 6.45) is 16.5. The van der Waals surface area contributed by atoms with Gasteiger partial charge in [-0.2, -0.15) is 0 Å². The number of fused-ring (bicyclic) bond motifs is 5. The van der Waals surface area contributed by atoms with Crippen LogP contribution in [0.15, 0.2) is 12.2 Å². The van der Waals surface area contributed by atoms with Gasteiger partial charge in [-0.25, -0.2) is 0 Å². The molecule has 2 heteroatoms. The number of amides is 1. The number of primary amides is 1. The van der Waals surface area contributed by atoms with E-state index in [1.165, 1.54) is 51.4 Å². The lowest BCUT2D eigenvalue weighted by atomic mass is 9.46. The summed E-state index contributed by atoms with van der Waals surface area (Å²) in [7, 11) is 0. The first kappa shape index (κ1) is 15.7. The van der Waals surface area contributed by atoms with Crippen LogP contribution in [0.4, 0.5) is 0 Å². The zero-order valence-corrected chi connectivity index (χ0v) is 14.9. The largest absolute Gasteiger partial charge is 0.370 e. The third kappa shape index (κ3) is 2.23. The Kier molecular flexibility index (Phi) is 3.66. The third-order valence-corrected chi connectivity index (χ3v) is 8.77. The average Bonchev–Trinajstić information content (AvgIpc) is 2.83. The number of allylic oxidation sites excluding steroid dienone is 2. The molecule has 1 amide bonds. The fourth-order valence-electron chi connectivity index (χ4n) is 7.51. The van der Waals surface area contributed by atoms with E-state index in [1.807, 2.05) is 0 Å². The van der Waals surface area contributed by atoms with Gasteiger partial charge < -0.3 is 5.73 Å². The fraction of sp³-hybridized carbons (Fsp3) is 0.857. The van der Waals surface area contributed by atoms with E-state index >= 15 is 0 Å². The van der Waals surface area contributed by atoms with Crippen LogP contribution in [0.25, 0.3) is 0 Å². The summed E-state index contributed by atoms with van der Waals surface area (Å²) in [4.78, 5) is 11.5. The van der Waals surface area contributed by atoms with Gasteiger partial charge in [0.05, 0.1) is 0 Å². The maximum absolute atomic E-state index is 11.5. The van der Waals surface area contributed by atoms with Crippen LogP contribution in [0.3, 0.4) is 0 Å². The van der Waals surface area contributed by atoms with E-state index in [-0.39, 0.29) is 5.91 Å². The van der Waals surface area contributed by atoms with Crippen LogP contribution in [-0.4, -0.2) is 5.91 Å². The molecule has 0 unspecified atom stereocenters. The summed E-state index contributed by atoms with van der Waals surface area (Å²) in [6, 6.07) is 0. The second kappa shape index (κ2) is 5.36. The van der Waals surface area contributed by atoms with Crippen LogP contribution >= 0.6 is 0 Å². The second-order valence-corrected chi connectivity index (χ2v) is 9.49. The predicted molar refractivity (Wildman–Crippen MR) is 93.6 cm³/mol. The first-order chi connectivity index (χ1) is 10.9. The Morgan fingerprint density at radius 1 is 1.09 bits per heavy atom. The van der Waals surface area contributed by atoms with Crippen molar-refractivity contribution in [3.8, 4) is 0 Å². The van der Waals surface area contributed by atoms with Gasteiger partial charge in [0.2, 0.25) is 5.91 Å². The molecule has 0 heterocycles. The van der Waals surface area contributed by atoms with E-state index in [9.17, 15) is 4.79 Å². The first-order valence-electron chi connectivity index (χ1n) is 9.91. The van der Waals surface area contributed by atoms with E-state index in [0.29, 0.717) is 23.2 Å². The molecule has 2 nitrogen and oxygen atoms in total. The van der Waals surface area contributed by atoms with Crippen LogP contribution in [0, 0.1) is 40.4 Å². The number of hydrogen-bond acceptors (Lipinski definition) is 1. The van der Waals surface area contributed by atoms with E-state index in [0.717, 1.165) is 23.7 Å². The van der Waals surface area contributed by atoms with Crippen molar-refractivity contribution in [2.24, 2.45) is 46.2 Å². The highest BCUT2D eigenvalue weighted by molar-refractivity contribution is 5.74. The van der Waals surface area contributed by atoms with Gasteiger partial charge in [0.25, 0.3) is 0 Å². The second-order valence-electron chi connectivity index (χ2n) is 9.49. The summed E-state index contributed by atoms with van der Waals surface area (Å²) in [5.41, 5.74) is 6.37. The number of nitrogens with two attached hydrogens (primary N) is 1. The summed E-state index contributed by atoms with van der Waals surface area (Å²) < 4.78 is 0. The Balaban J connectivity index is 1.61. The van der Waals surface area contributed by atoms with Gasteiger partial charge in [-0.05, 0) is 91.8 Å². The molecule has 0 aromatic carbocycles. The lowest BCUT2D eigenvalue weighted by Gasteiger charge is -2.59. The number of carbonyl (C=O) groups excluding carboxylic acids is 1. The van der Waals surface area contributed by atoms with Gasteiger partial charge in [-0.3, -0.25) is 4.79 Å². The lowest BCUT2D eigenvalue weighted by molar-refractivity contribution is -0.121. The van der Waals surface area contributed by atoms with Gasteiger partial charge in [-0.1, -0.05) is 26.0 Å². The number of hydrogen-bond donors (Lipinski definition) is 1. The molecule has 7 atom stereocenters. The average molecular weight is 316 g/mol. The van der Waals surface area contributed by atoms with Crippen LogP contribution in [-0.2, 0) is 4.79 Å². The molecule has 4 aliphatic rings. The maximum atomic E-state index is 11.5. The van der Waals surface area contributed by atoms with Crippen molar-refractivity contribution < 1.29 is 4.79 Å². The van der Waals surface area contributed by atoms with Gasteiger partial charge in [-0.15, -0.1) is 0 Å². The molecule has 0 aromatic rings. The van der Waals surface area contributed by atoms with E-state index in [4.69, 9.17) is 5.73 Å². The standard InChI is InChI=1S/C21H33NO/c1-20-11-4-3-5-14(20)6-8-16-17-9-7-15(13-19(22)23)21(17,2)12-10-18(16)20/h4,11,14-18H,3,5-10,12-13H2,1-2H3,(H2,22,23)/t14-,15-,16+,17+,18+,20+,21-/m1/s1. The van der Waals surface area contributed by atoms with Crippen molar-refractivity contribution in [1.29, 1.82) is 0 Å². The maximum Gasteiger partial charge on any atom is 0.217 e. The predicted octanol–water partition coefficient (Wildman–Crippen LogP) is 4.69. The smallest absolute Gasteiger partial charge is 0.217 e. The molecule has 0 saturated heterocycles. The quantitative estimate of drug-likeness (QED) is 0.738. The highest BCUT2D eigenvalue weighted by Crippen LogP contribution is 2.66. The molecule has 0 aliphatic heterocycles. The van der Waals surface area contributed by atoms with Crippen molar-refractivity contribution in [1.82, 2.24) is 0 Å². The Labute approximate surface area is 141 Å². The van der Waals surface area contributed by atoms with E-state index in [2.05, 4.69) is 26.0 Å². The zero-order chi connectivity index (χ0) is 16.2. The van der Waals surface area contributed by atoms with Gasteiger partial charge in [0, 0.05) is 6.42 Å². The summed E-state index contributed by atoms with van der Waals surface area (Å²) in [5, 5.41) is 0. The summed E-state index contributed by atoms with van der Waals surface area (Å²) in [6.45, 7) is 5.04. The third-order valence-electron chi connectivity index (χ3n) is 8.77.